The third kappa shape index (κ3) is 7.24. The fourth-order valence-corrected chi connectivity index (χ4v) is 3.54. The minimum Gasteiger partial charge on any atom is -0.493 e. The zero-order chi connectivity index (χ0) is 26.3. The van der Waals surface area contributed by atoms with Gasteiger partial charge in [-0.1, -0.05) is 12.1 Å². The van der Waals surface area contributed by atoms with Crippen LogP contribution in [0.2, 0.25) is 0 Å². The fraction of sp³-hybridized carbons (Fsp3) is 0.370. The number of ether oxygens (including phenoxy) is 4. The van der Waals surface area contributed by atoms with Gasteiger partial charge in [0.1, 0.15) is 11.4 Å². The number of benzene rings is 2. The fourth-order valence-electron chi connectivity index (χ4n) is 3.54. The van der Waals surface area contributed by atoms with E-state index < -0.39 is 11.7 Å². The van der Waals surface area contributed by atoms with Crippen molar-refractivity contribution in [2.75, 3.05) is 26.1 Å². The Balaban J connectivity index is 1.52. The van der Waals surface area contributed by atoms with Crippen LogP contribution in [0.4, 0.5) is 10.5 Å². The summed E-state index contributed by atoms with van der Waals surface area (Å²) in [4.78, 5) is 36.3. The minimum atomic E-state index is -0.546. The van der Waals surface area contributed by atoms with E-state index in [9.17, 15) is 14.4 Å². The molecule has 2 aromatic carbocycles. The molecule has 0 saturated carbocycles. The number of nitrogens with one attached hydrogen (secondary N) is 2. The molecule has 0 atom stereocenters. The molecule has 192 valence electrons. The molecule has 1 aliphatic rings. The van der Waals surface area contributed by atoms with Crippen molar-refractivity contribution in [3.05, 3.63) is 47.5 Å². The highest BCUT2D eigenvalue weighted by Gasteiger charge is 2.26. The topological polar surface area (TPSA) is 112 Å². The van der Waals surface area contributed by atoms with Gasteiger partial charge >= 0.3 is 12.1 Å². The maximum atomic E-state index is 12.5. The van der Waals surface area contributed by atoms with Crippen LogP contribution in [0.3, 0.4) is 0 Å². The highest BCUT2D eigenvalue weighted by Crippen LogP contribution is 2.41. The van der Waals surface area contributed by atoms with Gasteiger partial charge in [-0.25, -0.2) is 4.79 Å². The molecule has 2 N–H and O–H groups in total. The van der Waals surface area contributed by atoms with E-state index in [2.05, 4.69) is 10.6 Å². The van der Waals surface area contributed by atoms with E-state index in [1.807, 2.05) is 0 Å². The molecule has 36 heavy (non-hydrogen) atoms. The molecule has 9 nitrogen and oxygen atoms in total. The monoisotopic (exact) mass is 496 g/mol. The number of anilines is 1. The molecule has 2 aromatic rings. The number of methoxy groups -OCH3 is 2. The Morgan fingerprint density at radius 1 is 1.00 bits per heavy atom. The lowest BCUT2D eigenvalue weighted by molar-refractivity contribution is -0.134. The van der Waals surface area contributed by atoms with E-state index in [0.29, 0.717) is 53.5 Å². The lowest BCUT2D eigenvalue weighted by Crippen LogP contribution is -2.33. The average molecular weight is 497 g/mol. The van der Waals surface area contributed by atoms with Gasteiger partial charge in [0.2, 0.25) is 0 Å². The van der Waals surface area contributed by atoms with Gasteiger partial charge in [0.05, 0.1) is 19.9 Å². The van der Waals surface area contributed by atoms with Crippen LogP contribution < -0.4 is 24.8 Å². The van der Waals surface area contributed by atoms with E-state index in [1.54, 1.807) is 70.4 Å². The van der Waals surface area contributed by atoms with Crippen molar-refractivity contribution in [2.24, 2.45) is 0 Å². The summed E-state index contributed by atoms with van der Waals surface area (Å²) in [6.07, 6.45) is 2.71. The van der Waals surface area contributed by atoms with Gasteiger partial charge in [0.15, 0.2) is 11.5 Å². The van der Waals surface area contributed by atoms with Crippen molar-refractivity contribution in [1.82, 2.24) is 5.32 Å². The van der Waals surface area contributed by atoms with E-state index in [1.165, 1.54) is 7.11 Å². The second kappa shape index (κ2) is 11.6. The lowest BCUT2D eigenvalue weighted by atomic mass is 10.0. The van der Waals surface area contributed by atoms with Crippen LogP contribution >= 0.6 is 0 Å². The quantitative estimate of drug-likeness (QED) is 0.222. The first-order valence-corrected chi connectivity index (χ1v) is 11.7. The van der Waals surface area contributed by atoms with Gasteiger partial charge in [-0.15, -0.1) is 0 Å². The first-order valence-electron chi connectivity index (χ1n) is 11.7. The summed E-state index contributed by atoms with van der Waals surface area (Å²) in [7, 11) is 3.08. The van der Waals surface area contributed by atoms with Gasteiger partial charge in [-0.3, -0.25) is 9.59 Å². The van der Waals surface area contributed by atoms with Gasteiger partial charge in [-0.05, 0) is 63.5 Å². The number of hydrogen-bond donors (Lipinski definition) is 2. The number of hydrogen-bond acceptors (Lipinski definition) is 7. The van der Waals surface area contributed by atoms with Crippen LogP contribution in [0, 0.1) is 0 Å². The molecule has 0 spiro atoms. The molecule has 0 fully saturated rings. The Kier molecular flexibility index (Phi) is 8.58. The Hall–Kier alpha value is -4.01. The number of carbonyl (C=O) groups excluding carboxylic acids is 3. The number of rotatable bonds is 9. The third-order valence-corrected chi connectivity index (χ3v) is 5.21. The van der Waals surface area contributed by atoms with Gasteiger partial charge < -0.3 is 29.6 Å². The van der Waals surface area contributed by atoms with E-state index in [-0.39, 0.29) is 18.3 Å². The Labute approximate surface area is 210 Å². The molecule has 0 aliphatic carbocycles. The summed E-state index contributed by atoms with van der Waals surface area (Å²) in [6.45, 7) is 5.81. The van der Waals surface area contributed by atoms with Crippen molar-refractivity contribution >= 4 is 35.3 Å². The van der Waals surface area contributed by atoms with Crippen molar-refractivity contribution in [3.63, 3.8) is 0 Å². The lowest BCUT2D eigenvalue weighted by Gasteiger charge is -2.19. The highest BCUT2D eigenvalue weighted by molar-refractivity contribution is 6.35. The van der Waals surface area contributed by atoms with E-state index >= 15 is 0 Å². The van der Waals surface area contributed by atoms with Crippen LogP contribution in [-0.2, 0) is 14.3 Å². The predicted molar refractivity (Wildman–Crippen MR) is 136 cm³/mol. The summed E-state index contributed by atoms with van der Waals surface area (Å²) in [5, 5.41) is 5.49. The molecular formula is C27H32N2O7. The Morgan fingerprint density at radius 3 is 2.31 bits per heavy atom. The molecule has 0 saturated heterocycles. The molecule has 0 bridgehead atoms. The molecule has 0 radical (unpaired) electrons. The van der Waals surface area contributed by atoms with Crippen LogP contribution in [0.25, 0.3) is 11.6 Å². The number of fused-ring (bicyclic) bond motifs is 1. The second-order valence-electron chi connectivity index (χ2n) is 9.19. The number of amides is 2. The van der Waals surface area contributed by atoms with Crippen LogP contribution in [0.1, 0.15) is 51.2 Å². The smallest absolute Gasteiger partial charge is 0.407 e. The number of unbranched alkanes of at least 4 members (excludes halogenated alkanes) is 1. The van der Waals surface area contributed by atoms with Crippen LogP contribution in [0.5, 0.6) is 17.2 Å². The molecule has 3 rings (SSSR count). The first kappa shape index (κ1) is 26.6. The molecular weight excluding hydrogens is 464 g/mol. The molecule has 0 unspecified atom stereocenters. The second-order valence-corrected chi connectivity index (χ2v) is 9.19. The summed E-state index contributed by atoms with van der Waals surface area (Å²) in [6, 6.07) is 10.4. The largest absolute Gasteiger partial charge is 0.493 e. The predicted octanol–water partition coefficient (Wildman–Crippen LogP) is 4.80. The van der Waals surface area contributed by atoms with Gasteiger partial charge in [0, 0.05) is 30.2 Å². The van der Waals surface area contributed by atoms with Crippen LogP contribution in [0.15, 0.2) is 36.4 Å². The van der Waals surface area contributed by atoms with E-state index in [4.69, 9.17) is 18.9 Å². The van der Waals surface area contributed by atoms with Crippen molar-refractivity contribution < 1.29 is 33.3 Å². The van der Waals surface area contributed by atoms with Crippen molar-refractivity contribution in [1.29, 1.82) is 0 Å². The number of carbonyl (C=O) groups is 3. The molecule has 0 aromatic heterocycles. The Morgan fingerprint density at radius 2 is 1.67 bits per heavy atom. The van der Waals surface area contributed by atoms with Crippen molar-refractivity contribution in [2.45, 2.75) is 45.6 Å². The standard InChI is InChI=1S/C27H32N2O7/c1-27(2,3)36-26(32)28-13-7-6-8-24(30)35-18-11-9-17(10-12-18)14-20-19-15-22(33-4)23(34-5)16-21(19)29-25(20)31/h9-12,14-16H,6-8,13H2,1-5H3,(H,28,32)(H,29,31). The normalized spacial score (nSPS) is 13.6. The van der Waals surface area contributed by atoms with Crippen molar-refractivity contribution in [3.8, 4) is 17.2 Å². The molecule has 9 heteroatoms. The summed E-state index contributed by atoms with van der Waals surface area (Å²) < 4.78 is 21.2. The number of alkyl carbamates (subject to hydrolysis) is 1. The zero-order valence-corrected chi connectivity index (χ0v) is 21.2. The minimum absolute atomic E-state index is 0.225. The van der Waals surface area contributed by atoms with Gasteiger partial charge in [-0.2, -0.15) is 0 Å². The first-order chi connectivity index (χ1) is 17.1. The Bertz CT molecular complexity index is 1150. The third-order valence-electron chi connectivity index (χ3n) is 5.21. The van der Waals surface area contributed by atoms with Gasteiger partial charge in [0.25, 0.3) is 5.91 Å². The molecule has 1 aliphatic heterocycles. The molecule has 1 heterocycles. The maximum absolute atomic E-state index is 12.5. The summed E-state index contributed by atoms with van der Waals surface area (Å²) in [5.74, 6) is 0.891. The van der Waals surface area contributed by atoms with Crippen LogP contribution in [-0.4, -0.2) is 44.3 Å². The highest BCUT2D eigenvalue weighted by atomic mass is 16.6. The zero-order valence-electron chi connectivity index (χ0n) is 21.2. The van der Waals surface area contributed by atoms with E-state index in [0.717, 1.165) is 5.56 Å². The average Bonchev–Trinajstić information content (AvgIpc) is 3.11. The SMILES string of the molecule is COc1cc2c(cc1OC)C(=Cc1ccc(OC(=O)CCCCNC(=O)OC(C)(C)C)cc1)C(=O)N2. The number of esters is 1. The maximum Gasteiger partial charge on any atom is 0.407 e. The summed E-state index contributed by atoms with van der Waals surface area (Å²) in [5.41, 5.74) is 2.09. The molecule has 2 amide bonds. The summed E-state index contributed by atoms with van der Waals surface area (Å²) >= 11 is 0.